The average molecular weight is 292 g/mol. The Morgan fingerprint density at radius 1 is 0.810 bits per heavy atom. The Kier molecular flexibility index (Phi) is 15.7. The molecule has 0 aliphatic carbocycles. The van der Waals surface area contributed by atoms with Crippen LogP contribution in [0.4, 0.5) is 0 Å². The molecular weight excluding hydrogens is 260 g/mol. The normalized spacial score (nSPS) is 11.9. The third-order valence-electron chi connectivity index (χ3n) is 3.23. The second-order valence-electron chi connectivity index (χ2n) is 5.19. The topological polar surface area (TPSA) is 26.3 Å². The van der Waals surface area contributed by atoms with Gasteiger partial charge >= 0.3 is 5.97 Å². The summed E-state index contributed by atoms with van der Waals surface area (Å²) >= 11 is 0. The summed E-state index contributed by atoms with van der Waals surface area (Å²) in [5.41, 5.74) is 0. The van der Waals surface area contributed by atoms with E-state index in [4.69, 9.17) is 0 Å². The van der Waals surface area contributed by atoms with Gasteiger partial charge in [0.25, 0.3) is 0 Å². The van der Waals surface area contributed by atoms with Gasteiger partial charge in [0.05, 0.1) is 7.11 Å². The van der Waals surface area contributed by atoms with Gasteiger partial charge in [-0.15, -0.1) is 0 Å². The Morgan fingerprint density at radius 3 is 2.05 bits per heavy atom. The standard InChI is InChI=1S/C19H32O2/c1-3-4-5-6-7-8-9-10-11-12-13-14-15-16-17-18-19(20)21-2/h7-8,10-11,14-15H,3-6,9,12-13,16-18H2,1-2H3. The molecule has 0 heterocycles. The Morgan fingerprint density at radius 2 is 1.38 bits per heavy atom. The molecule has 21 heavy (non-hydrogen) atoms. The van der Waals surface area contributed by atoms with E-state index in [0.717, 1.165) is 32.1 Å². The molecule has 0 N–H and O–H groups in total. The van der Waals surface area contributed by atoms with Crippen LogP contribution in [0.1, 0.15) is 71.1 Å². The second kappa shape index (κ2) is 16.7. The van der Waals surface area contributed by atoms with Gasteiger partial charge in [0.1, 0.15) is 0 Å². The van der Waals surface area contributed by atoms with Crippen LogP contribution < -0.4 is 0 Å². The molecule has 0 bridgehead atoms. The summed E-state index contributed by atoms with van der Waals surface area (Å²) in [7, 11) is 1.44. The summed E-state index contributed by atoms with van der Waals surface area (Å²) in [6, 6.07) is 0. The molecule has 0 aromatic rings. The highest BCUT2D eigenvalue weighted by atomic mass is 16.5. The SMILES string of the molecule is CCCCCC=CCC=CCCC=CCCCC(=O)OC. The zero-order valence-electron chi connectivity index (χ0n) is 13.9. The molecule has 120 valence electrons. The lowest BCUT2D eigenvalue weighted by atomic mass is 10.2. The second-order valence-corrected chi connectivity index (χ2v) is 5.19. The van der Waals surface area contributed by atoms with Crippen LogP contribution in [0.5, 0.6) is 0 Å². The van der Waals surface area contributed by atoms with Crippen molar-refractivity contribution in [2.24, 2.45) is 0 Å². The summed E-state index contributed by atoms with van der Waals surface area (Å²) in [5.74, 6) is -0.117. The highest BCUT2D eigenvalue weighted by Crippen LogP contribution is 2.02. The van der Waals surface area contributed by atoms with Gasteiger partial charge in [-0.05, 0) is 44.9 Å². The number of rotatable bonds is 13. The quantitative estimate of drug-likeness (QED) is 0.245. The van der Waals surface area contributed by atoms with Crippen LogP contribution in [0.15, 0.2) is 36.5 Å². The van der Waals surface area contributed by atoms with Crippen molar-refractivity contribution in [1.29, 1.82) is 0 Å². The third-order valence-corrected chi connectivity index (χ3v) is 3.23. The number of carbonyl (C=O) groups excluding carboxylic acids is 1. The first-order chi connectivity index (χ1) is 10.3. The molecule has 0 saturated carbocycles. The van der Waals surface area contributed by atoms with E-state index in [1.54, 1.807) is 0 Å². The molecule has 0 atom stereocenters. The largest absolute Gasteiger partial charge is 0.469 e. The van der Waals surface area contributed by atoms with Gasteiger partial charge < -0.3 is 4.74 Å². The monoisotopic (exact) mass is 292 g/mol. The van der Waals surface area contributed by atoms with Crippen molar-refractivity contribution in [3.8, 4) is 0 Å². The molecular formula is C19H32O2. The number of esters is 1. The Labute approximate surface area is 131 Å². The molecule has 0 saturated heterocycles. The first-order valence-electron chi connectivity index (χ1n) is 8.33. The van der Waals surface area contributed by atoms with Crippen LogP contribution in [0.25, 0.3) is 0 Å². The van der Waals surface area contributed by atoms with Gasteiger partial charge in [-0.2, -0.15) is 0 Å². The molecule has 0 rings (SSSR count). The number of hydrogen-bond acceptors (Lipinski definition) is 2. The van der Waals surface area contributed by atoms with Crippen LogP contribution in [0, 0.1) is 0 Å². The van der Waals surface area contributed by atoms with E-state index < -0.39 is 0 Å². The van der Waals surface area contributed by atoms with E-state index in [1.807, 2.05) is 0 Å². The summed E-state index contributed by atoms with van der Waals surface area (Å²) in [6.45, 7) is 2.24. The fourth-order valence-corrected chi connectivity index (χ4v) is 1.91. The van der Waals surface area contributed by atoms with Crippen LogP contribution in [0.3, 0.4) is 0 Å². The molecule has 0 fully saturated rings. The van der Waals surface area contributed by atoms with Crippen molar-refractivity contribution < 1.29 is 9.53 Å². The predicted octanol–water partition coefficient (Wildman–Crippen LogP) is 5.75. The summed E-state index contributed by atoms with van der Waals surface area (Å²) in [5, 5.41) is 0. The fraction of sp³-hybridized carbons (Fsp3) is 0.632. The minimum absolute atomic E-state index is 0.117. The molecule has 0 aromatic carbocycles. The van der Waals surface area contributed by atoms with Gasteiger partial charge in [0.2, 0.25) is 0 Å². The number of unbranched alkanes of at least 4 members (excludes halogenated alkanes) is 5. The lowest BCUT2D eigenvalue weighted by Gasteiger charge is -1.95. The highest BCUT2D eigenvalue weighted by molar-refractivity contribution is 5.68. The number of allylic oxidation sites excluding steroid dienone is 6. The van der Waals surface area contributed by atoms with Crippen molar-refractivity contribution >= 4 is 5.97 Å². The molecule has 0 amide bonds. The minimum atomic E-state index is -0.117. The number of carbonyl (C=O) groups is 1. The average Bonchev–Trinajstić information content (AvgIpc) is 2.50. The van der Waals surface area contributed by atoms with Crippen molar-refractivity contribution in [1.82, 2.24) is 0 Å². The first-order valence-corrected chi connectivity index (χ1v) is 8.33. The fourth-order valence-electron chi connectivity index (χ4n) is 1.91. The lowest BCUT2D eigenvalue weighted by Crippen LogP contribution is -1.98. The van der Waals surface area contributed by atoms with Crippen LogP contribution in [0.2, 0.25) is 0 Å². The maximum absolute atomic E-state index is 10.9. The van der Waals surface area contributed by atoms with E-state index in [0.29, 0.717) is 6.42 Å². The Balaban J connectivity index is 3.33. The number of hydrogen-bond donors (Lipinski definition) is 0. The summed E-state index contributed by atoms with van der Waals surface area (Å²) in [4.78, 5) is 10.9. The lowest BCUT2D eigenvalue weighted by molar-refractivity contribution is -0.140. The van der Waals surface area contributed by atoms with Gasteiger partial charge in [0, 0.05) is 6.42 Å². The maximum atomic E-state index is 10.9. The molecule has 0 aromatic heterocycles. The predicted molar refractivity (Wildman–Crippen MR) is 91.3 cm³/mol. The van der Waals surface area contributed by atoms with Crippen LogP contribution in [-0.4, -0.2) is 13.1 Å². The molecule has 0 spiro atoms. The Bertz CT molecular complexity index is 314. The van der Waals surface area contributed by atoms with Crippen LogP contribution in [-0.2, 0) is 9.53 Å². The molecule has 2 nitrogen and oxygen atoms in total. The van der Waals surface area contributed by atoms with Crippen molar-refractivity contribution in [2.75, 3.05) is 7.11 Å². The van der Waals surface area contributed by atoms with E-state index in [-0.39, 0.29) is 5.97 Å². The van der Waals surface area contributed by atoms with E-state index in [1.165, 1.54) is 32.8 Å². The molecule has 0 aliphatic rings. The van der Waals surface area contributed by atoms with Crippen molar-refractivity contribution in [3.05, 3.63) is 36.5 Å². The zero-order valence-corrected chi connectivity index (χ0v) is 13.9. The first kappa shape index (κ1) is 19.7. The Hall–Kier alpha value is -1.31. The van der Waals surface area contributed by atoms with Gasteiger partial charge in [0.15, 0.2) is 0 Å². The van der Waals surface area contributed by atoms with E-state index in [2.05, 4.69) is 48.1 Å². The summed E-state index contributed by atoms with van der Waals surface area (Å²) < 4.78 is 4.59. The van der Waals surface area contributed by atoms with Crippen molar-refractivity contribution in [3.63, 3.8) is 0 Å². The minimum Gasteiger partial charge on any atom is -0.469 e. The van der Waals surface area contributed by atoms with Crippen LogP contribution >= 0.6 is 0 Å². The summed E-state index contributed by atoms with van der Waals surface area (Å²) in [6.07, 6.45) is 24.1. The van der Waals surface area contributed by atoms with Gasteiger partial charge in [-0.1, -0.05) is 56.2 Å². The zero-order chi connectivity index (χ0) is 15.6. The van der Waals surface area contributed by atoms with E-state index in [9.17, 15) is 4.79 Å². The number of methoxy groups -OCH3 is 1. The molecule has 2 heteroatoms. The maximum Gasteiger partial charge on any atom is 0.305 e. The van der Waals surface area contributed by atoms with Gasteiger partial charge in [-0.3, -0.25) is 4.79 Å². The molecule has 0 unspecified atom stereocenters. The van der Waals surface area contributed by atoms with Crippen molar-refractivity contribution in [2.45, 2.75) is 71.1 Å². The molecule has 0 aliphatic heterocycles. The van der Waals surface area contributed by atoms with E-state index >= 15 is 0 Å². The highest BCUT2D eigenvalue weighted by Gasteiger charge is 1.96. The smallest absolute Gasteiger partial charge is 0.305 e. The third kappa shape index (κ3) is 16.6. The number of ether oxygens (including phenoxy) is 1. The van der Waals surface area contributed by atoms with Gasteiger partial charge in [-0.25, -0.2) is 0 Å². The molecule has 0 radical (unpaired) electrons.